The maximum Gasteiger partial charge on any atom is 0.269 e. The van der Waals surface area contributed by atoms with Gasteiger partial charge in [-0.3, -0.25) is 59.6 Å². The van der Waals surface area contributed by atoms with E-state index >= 15 is 0 Å². The fraction of sp³-hybridized carbons (Fsp3) is 0.263. The van der Waals surface area contributed by atoms with Crippen molar-refractivity contribution in [3.63, 3.8) is 0 Å². The van der Waals surface area contributed by atoms with E-state index in [1.807, 2.05) is 0 Å². The van der Waals surface area contributed by atoms with E-state index in [1.54, 1.807) is 0 Å². The van der Waals surface area contributed by atoms with Crippen LogP contribution in [0.1, 0.15) is 54.3 Å². The molecule has 1 fully saturated rings. The van der Waals surface area contributed by atoms with Crippen LogP contribution in [0.25, 0.3) is 0 Å². The first kappa shape index (κ1) is 41.5. The topological polar surface area (TPSA) is 254 Å². The molecule has 1 saturated heterocycles. The molecular formula is C38H36N8O12. The van der Waals surface area contributed by atoms with Gasteiger partial charge >= 0.3 is 0 Å². The molecule has 0 unspecified atom stereocenters. The average molecular weight is 797 g/mol. The van der Waals surface area contributed by atoms with Gasteiger partial charge in [-0.05, 0) is 61.4 Å². The molecule has 1 aliphatic heterocycles. The van der Waals surface area contributed by atoms with Crippen LogP contribution < -0.4 is 0 Å². The Labute approximate surface area is 329 Å². The van der Waals surface area contributed by atoms with Gasteiger partial charge in [0.25, 0.3) is 46.4 Å². The molecule has 4 aromatic rings. The fourth-order valence-corrected chi connectivity index (χ4v) is 6.28. The van der Waals surface area contributed by atoms with Crippen LogP contribution in [-0.2, 0) is 0 Å². The van der Waals surface area contributed by atoms with Crippen LogP contribution in [0.2, 0.25) is 0 Å². The second-order valence-corrected chi connectivity index (χ2v) is 13.1. The van der Waals surface area contributed by atoms with Gasteiger partial charge in [-0.15, -0.1) is 0 Å². The number of nitro benzene ring substituents is 4. The smallest absolute Gasteiger partial charge is 0.269 e. The predicted molar refractivity (Wildman–Crippen MR) is 205 cm³/mol. The lowest BCUT2D eigenvalue weighted by Gasteiger charge is -2.32. The summed E-state index contributed by atoms with van der Waals surface area (Å²) in [6, 6.07) is 20.0. The third-order valence-corrected chi connectivity index (χ3v) is 9.44. The van der Waals surface area contributed by atoms with Gasteiger partial charge in [0.2, 0.25) is 0 Å². The number of amides is 4. The molecular weight excluding hydrogens is 760 g/mol. The predicted octanol–water partition coefficient (Wildman–Crippen LogP) is 4.98. The standard InChI is InChI=1S/C38H36N8O12/c47-35(27-3-11-31(12-4-27)43(51)52)39-19-1-20-40(36(48)28-5-13-32(14-6-28)44(53)54)24-26-42(38(50)30-9-17-34(18-10-30)46(57)58)22-2-21-41(25-23-39)37(49)29-7-15-33(16-8-29)45(55)56/h3-18H,1-2,19-26H2. The minimum absolute atomic E-state index is 0.0315. The highest BCUT2D eigenvalue weighted by atomic mass is 16.6. The third kappa shape index (κ3) is 10.4. The molecule has 1 aliphatic rings. The van der Waals surface area contributed by atoms with E-state index < -0.39 is 43.3 Å². The van der Waals surface area contributed by atoms with Crippen LogP contribution >= 0.6 is 0 Å². The number of hydrogen-bond donors (Lipinski definition) is 0. The van der Waals surface area contributed by atoms with E-state index in [1.165, 1.54) is 117 Å². The highest BCUT2D eigenvalue weighted by Gasteiger charge is 2.26. The Balaban J connectivity index is 1.47. The second-order valence-electron chi connectivity index (χ2n) is 13.1. The number of carbonyl (C=O) groups excluding carboxylic acids is 4. The Morgan fingerprint density at radius 2 is 0.500 bits per heavy atom. The third-order valence-electron chi connectivity index (χ3n) is 9.44. The minimum atomic E-state index is -0.602. The summed E-state index contributed by atoms with van der Waals surface area (Å²) in [5.74, 6) is -2.01. The summed E-state index contributed by atoms with van der Waals surface area (Å²) in [6.45, 7) is 0.0601. The zero-order chi connectivity index (χ0) is 41.9. The quantitative estimate of drug-likeness (QED) is 0.169. The minimum Gasteiger partial charge on any atom is -0.337 e. The molecule has 20 heteroatoms. The first-order chi connectivity index (χ1) is 27.7. The largest absolute Gasteiger partial charge is 0.337 e. The molecule has 0 aliphatic carbocycles. The Bertz CT molecular complexity index is 1890. The molecule has 0 atom stereocenters. The van der Waals surface area contributed by atoms with E-state index in [9.17, 15) is 59.6 Å². The van der Waals surface area contributed by atoms with Crippen molar-refractivity contribution >= 4 is 46.4 Å². The van der Waals surface area contributed by atoms with Crippen LogP contribution in [0, 0.1) is 40.5 Å². The van der Waals surface area contributed by atoms with Crippen molar-refractivity contribution in [3.05, 3.63) is 160 Å². The molecule has 4 aromatic carbocycles. The normalized spacial score (nSPS) is 14.2. The van der Waals surface area contributed by atoms with Crippen molar-refractivity contribution in [1.82, 2.24) is 19.6 Å². The molecule has 1 heterocycles. The van der Waals surface area contributed by atoms with Crippen LogP contribution in [0.4, 0.5) is 22.7 Å². The summed E-state index contributed by atoms with van der Waals surface area (Å²) in [5.41, 5.74) is -0.340. The molecule has 58 heavy (non-hydrogen) atoms. The number of hydrogen-bond acceptors (Lipinski definition) is 12. The van der Waals surface area contributed by atoms with Gasteiger partial charge in [0, 0.05) is 123 Å². The molecule has 0 spiro atoms. The summed E-state index contributed by atoms with van der Waals surface area (Å²) in [6.07, 6.45) is 0.369. The van der Waals surface area contributed by atoms with Crippen molar-refractivity contribution in [2.45, 2.75) is 12.8 Å². The molecule has 0 aromatic heterocycles. The monoisotopic (exact) mass is 796 g/mol. The van der Waals surface area contributed by atoms with Crippen LogP contribution in [0.15, 0.2) is 97.1 Å². The van der Waals surface area contributed by atoms with Gasteiger partial charge in [0.1, 0.15) is 0 Å². The summed E-state index contributed by atoms with van der Waals surface area (Å²) < 4.78 is 0. The average Bonchev–Trinajstić information content (AvgIpc) is 3.23. The highest BCUT2D eigenvalue weighted by Crippen LogP contribution is 2.20. The molecule has 5 rings (SSSR count). The van der Waals surface area contributed by atoms with Gasteiger partial charge in [0.05, 0.1) is 19.7 Å². The van der Waals surface area contributed by atoms with Gasteiger partial charge < -0.3 is 19.6 Å². The number of benzene rings is 4. The Hall–Kier alpha value is -7.64. The van der Waals surface area contributed by atoms with Crippen molar-refractivity contribution in [2.24, 2.45) is 0 Å². The summed E-state index contributed by atoms with van der Waals surface area (Å²) in [4.78, 5) is 104. The number of carbonyl (C=O) groups is 4. The van der Waals surface area contributed by atoms with Crippen molar-refractivity contribution in [2.75, 3.05) is 52.4 Å². The van der Waals surface area contributed by atoms with Gasteiger partial charge in [-0.2, -0.15) is 0 Å². The first-order valence-corrected chi connectivity index (χ1v) is 17.9. The van der Waals surface area contributed by atoms with Crippen LogP contribution in [-0.4, -0.2) is 115 Å². The van der Waals surface area contributed by atoms with E-state index in [0.717, 1.165) is 0 Å². The van der Waals surface area contributed by atoms with E-state index in [-0.39, 0.29) is 110 Å². The summed E-state index contributed by atoms with van der Waals surface area (Å²) in [5, 5.41) is 45.0. The maximum absolute atomic E-state index is 13.9. The Morgan fingerprint density at radius 3 is 0.655 bits per heavy atom. The van der Waals surface area contributed by atoms with Crippen LogP contribution in [0.3, 0.4) is 0 Å². The van der Waals surface area contributed by atoms with Gasteiger partial charge in [-0.1, -0.05) is 0 Å². The SMILES string of the molecule is O=C(c1ccc([N+](=O)[O-])cc1)N1CCCN(C(=O)c2ccc([N+](=O)[O-])cc2)CCN(C(=O)c2ccc([N+](=O)[O-])cc2)CCCN(C(=O)c2ccc([N+](=O)[O-])cc2)CC1. The fourth-order valence-electron chi connectivity index (χ4n) is 6.28. The molecule has 0 radical (unpaired) electrons. The first-order valence-electron chi connectivity index (χ1n) is 17.9. The Kier molecular flexibility index (Phi) is 13.5. The van der Waals surface area contributed by atoms with Crippen molar-refractivity contribution < 1.29 is 38.9 Å². The highest BCUT2D eigenvalue weighted by molar-refractivity contribution is 5.97. The molecule has 0 N–H and O–H groups in total. The number of non-ortho nitro benzene ring substituents is 4. The molecule has 0 saturated carbocycles. The van der Waals surface area contributed by atoms with E-state index in [4.69, 9.17) is 0 Å². The molecule has 4 amide bonds. The van der Waals surface area contributed by atoms with E-state index in [0.29, 0.717) is 0 Å². The summed E-state index contributed by atoms with van der Waals surface area (Å²) >= 11 is 0. The van der Waals surface area contributed by atoms with E-state index in [2.05, 4.69) is 0 Å². The lowest BCUT2D eigenvalue weighted by molar-refractivity contribution is -0.385. The zero-order valence-corrected chi connectivity index (χ0v) is 30.8. The van der Waals surface area contributed by atoms with Crippen LogP contribution in [0.5, 0.6) is 0 Å². The van der Waals surface area contributed by atoms with Crippen molar-refractivity contribution in [1.29, 1.82) is 0 Å². The lowest BCUT2D eigenvalue weighted by Crippen LogP contribution is -2.46. The molecule has 0 bridgehead atoms. The van der Waals surface area contributed by atoms with Crippen molar-refractivity contribution in [3.8, 4) is 0 Å². The number of nitrogens with zero attached hydrogens (tertiary/aromatic N) is 8. The van der Waals surface area contributed by atoms with Gasteiger partial charge in [-0.25, -0.2) is 0 Å². The van der Waals surface area contributed by atoms with Gasteiger partial charge in [0.15, 0.2) is 0 Å². The maximum atomic E-state index is 13.9. The molecule has 300 valence electrons. The summed E-state index contributed by atoms with van der Waals surface area (Å²) in [7, 11) is 0. The number of rotatable bonds is 8. The lowest BCUT2D eigenvalue weighted by atomic mass is 10.1. The zero-order valence-electron chi connectivity index (χ0n) is 30.8. The molecule has 20 nitrogen and oxygen atoms in total. The Morgan fingerprint density at radius 1 is 0.328 bits per heavy atom. The second kappa shape index (κ2) is 18.8. The number of nitro groups is 4.